The van der Waals surface area contributed by atoms with Crippen LogP contribution in [0.2, 0.25) is 0 Å². The number of rotatable bonds is 5. The van der Waals surface area contributed by atoms with Gasteiger partial charge in [-0.25, -0.2) is 0 Å². The lowest BCUT2D eigenvalue weighted by Gasteiger charge is -2.23. The number of aliphatic hydroxyl groups is 1. The Morgan fingerprint density at radius 2 is 1.85 bits per heavy atom. The number of furan rings is 1. The van der Waals surface area contributed by atoms with E-state index < -0.39 is 23.7 Å². The van der Waals surface area contributed by atoms with E-state index in [1.54, 1.807) is 54.6 Å². The maximum atomic E-state index is 13.2. The van der Waals surface area contributed by atoms with Crippen LogP contribution in [0.4, 0.5) is 5.69 Å². The van der Waals surface area contributed by atoms with E-state index in [0.29, 0.717) is 29.0 Å². The molecule has 2 aliphatic rings. The highest BCUT2D eigenvalue weighted by Gasteiger charge is 2.48. The van der Waals surface area contributed by atoms with Crippen molar-refractivity contribution in [2.24, 2.45) is 0 Å². The number of carbonyl (C=O) groups is 3. The molecule has 34 heavy (non-hydrogen) atoms. The molecule has 2 aliphatic heterocycles. The summed E-state index contributed by atoms with van der Waals surface area (Å²) in [6.07, 6.45) is 1.96. The summed E-state index contributed by atoms with van der Waals surface area (Å²) in [7, 11) is 0. The third kappa shape index (κ3) is 3.63. The van der Waals surface area contributed by atoms with E-state index in [4.69, 9.17) is 14.3 Å². The van der Waals surface area contributed by atoms with Crippen molar-refractivity contribution in [3.63, 3.8) is 0 Å². The fourth-order valence-corrected chi connectivity index (χ4v) is 4.49. The molecule has 1 fully saturated rings. The van der Waals surface area contributed by atoms with Crippen LogP contribution in [0, 0.1) is 0 Å². The molecule has 0 radical (unpaired) electrons. The van der Waals surface area contributed by atoms with Crippen LogP contribution in [0.25, 0.3) is 5.76 Å². The van der Waals surface area contributed by atoms with E-state index in [-0.39, 0.29) is 23.9 Å². The summed E-state index contributed by atoms with van der Waals surface area (Å²) in [5.41, 5.74) is 2.17. The zero-order valence-electron chi connectivity index (χ0n) is 18.2. The number of hydrogen-bond acceptors (Lipinski definition) is 6. The maximum absolute atomic E-state index is 13.2. The topological polar surface area (TPSA) is 117 Å². The van der Waals surface area contributed by atoms with Crippen LogP contribution >= 0.6 is 0 Å². The van der Waals surface area contributed by atoms with Crippen molar-refractivity contribution in [2.75, 3.05) is 4.90 Å². The second-order valence-corrected chi connectivity index (χ2v) is 8.38. The van der Waals surface area contributed by atoms with Gasteiger partial charge < -0.3 is 19.4 Å². The average Bonchev–Trinajstić information content (AvgIpc) is 3.51. The third-order valence-electron chi connectivity index (χ3n) is 6.00. The molecule has 8 heteroatoms. The largest absolute Gasteiger partial charge is 0.507 e. The number of nitrogens with zero attached hydrogens (tertiary/aromatic N) is 1. The van der Waals surface area contributed by atoms with Gasteiger partial charge in [-0.15, -0.1) is 0 Å². The molecule has 3 aromatic rings. The standard InChI is InChI=1S/C26H21NO7/c1-14-11-17-13-16(6-9-19(17)34-14)24(30)22-23(20-3-2-10-33-20)27(26(32)25(22)31)18-7-4-15(5-8-18)12-21(28)29/h2-10,13-14,23,30H,11-12H2,1H3,(H,28,29)/b24-22-. The van der Waals surface area contributed by atoms with Crippen molar-refractivity contribution in [1.29, 1.82) is 0 Å². The second kappa shape index (κ2) is 8.22. The fourth-order valence-electron chi connectivity index (χ4n) is 4.49. The van der Waals surface area contributed by atoms with E-state index in [0.717, 1.165) is 11.3 Å². The fraction of sp³-hybridized carbons (Fsp3) is 0.192. The van der Waals surface area contributed by atoms with E-state index in [2.05, 4.69) is 0 Å². The number of Topliss-reactive ketones (excluding diaryl/α,β-unsaturated/α-hetero) is 1. The highest BCUT2D eigenvalue weighted by Crippen LogP contribution is 2.43. The molecule has 5 rings (SSSR count). The Morgan fingerprint density at radius 3 is 2.53 bits per heavy atom. The Balaban J connectivity index is 1.60. The molecule has 8 nitrogen and oxygen atoms in total. The normalized spacial score (nSPS) is 20.9. The minimum absolute atomic E-state index is 0.0187. The van der Waals surface area contributed by atoms with Gasteiger partial charge in [0.05, 0.1) is 18.3 Å². The van der Waals surface area contributed by atoms with Crippen molar-refractivity contribution in [3.05, 3.63) is 88.9 Å². The van der Waals surface area contributed by atoms with E-state index in [1.807, 2.05) is 6.92 Å². The molecule has 1 amide bonds. The Morgan fingerprint density at radius 1 is 1.09 bits per heavy atom. The number of fused-ring (bicyclic) bond motifs is 1. The molecule has 0 spiro atoms. The molecular formula is C26H21NO7. The number of carboxylic acids is 1. The Kier molecular flexibility index (Phi) is 5.20. The van der Waals surface area contributed by atoms with Gasteiger partial charge >= 0.3 is 5.97 Å². The quantitative estimate of drug-likeness (QED) is 0.338. The van der Waals surface area contributed by atoms with Gasteiger partial charge in [0.2, 0.25) is 0 Å². The number of aliphatic hydroxyl groups excluding tert-OH is 1. The molecule has 0 bridgehead atoms. The van der Waals surface area contributed by atoms with Gasteiger partial charge in [0.15, 0.2) is 0 Å². The van der Waals surface area contributed by atoms with Crippen molar-refractivity contribution >= 4 is 29.1 Å². The van der Waals surface area contributed by atoms with Crippen LogP contribution in [-0.2, 0) is 27.2 Å². The van der Waals surface area contributed by atoms with Gasteiger partial charge in [-0.2, -0.15) is 0 Å². The zero-order chi connectivity index (χ0) is 24.0. The monoisotopic (exact) mass is 459 g/mol. The highest BCUT2D eigenvalue weighted by molar-refractivity contribution is 6.51. The van der Waals surface area contributed by atoms with E-state index in [1.165, 1.54) is 11.2 Å². The van der Waals surface area contributed by atoms with Crippen LogP contribution in [0.1, 0.15) is 35.4 Å². The van der Waals surface area contributed by atoms with Crippen LogP contribution in [0.3, 0.4) is 0 Å². The summed E-state index contributed by atoms with van der Waals surface area (Å²) < 4.78 is 11.3. The summed E-state index contributed by atoms with van der Waals surface area (Å²) in [5, 5.41) is 20.2. The first-order valence-corrected chi connectivity index (χ1v) is 10.8. The molecule has 0 aliphatic carbocycles. The molecule has 0 saturated carbocycles. The lowest BCUT2D eigenvalue weighted by Crippen LogP contribution is -2.29. The summed E-state index contributed by atoms with van der Waals surface area (Å²) in [5.74, 6) is -1.88. The van der Waals surface area contributed by atoms with Crippen LogP contribution in [0.5, 0.6) is 5.75 Å². The lowest BCUT2D eigenvalue weighted by molar-refractivity contribution is -0.136. The predicted octanol–water partition coefficient (Wildman–Crippen LogP) is 3.86. The summed E-state index contributed by atoms with van der Waals surface area (Å²) in [4.78, 5) is 38.5. The number of hydrogen-bond donors (Lipinski definition) is 2. The SMILES string of the molecule is CC1Cc2cc(/C(O)=C3/C(=O)C(=O)N(c4ccc(CC(=O)O)cc4)C3c3ccco3)ccc2O1. The number of ether oxygens (including phenoxy) is 1. The molecule has 2 aromatic carbocycles. The number of aliphatic carboxylic acids is 1. The van der Waals surface area contributed by atoms with E-state index in [9.17, 15) is 19.5 Å². The minimum atomic E-state index is -0.983. The van der Waals surface area contributed by atoms with Gasteiger partial charge in [-0.3, -0.25) is 19.3 Å². The van der Waals surface area contributed by atoms with Gasteiger partial charge in [0.1, 0.15) is 29.4 Å². The summed E-state index contributed by atoms with van der Waals surface area (Å²) in [6, 6.07) is 13.8. The lowest BCUT2D eigenvalue weighted by atomic mass is 9.97. The Labute approximate surface area is 194 Å². The molecule has 3 heterocycles. The Hall–Kier alpha value is -4.33. The summed E-state index contributed by atoms with van der Waals surface area (Å²) >= 11 is 0. The number of anilines is 1. The number of ketones is 1. The molecule has 1 saturated heterocycles. The summed E-state index contributed by atoms with van der Waals surface area (Å²) in [6.45, 7) is 1.95. The van der Waals surface area contributed by atoms with Crippen molar-refractivity contribution in [2.45, 2.75) is 31.9 Å². The van der Waals surface area contributed by atoms with Crippen LogP contribution in [0.15, 0.2) is 70.9 Å². The average molecular weight is 459 g/mol. The third-order valence-corrected chi connectivity index (χ3v) is 6.00. The molecule has 2 N–H and O–H groups in total. The molecule has 2 unspecified atom stereocenters. The smallest absolute Gasteiger partial charge is 0.307 e. The molecular weight excluding hydrogens is 438 g/mol. The van der Waals surface area contributed by atoms with Gasteiger partial charge in [-0.1, -0.05) is 12.1 Å². The number of carboxylic acid groups (broad SMARTS) is 1. The molecule has 2 atom stereocenters. The second-order valence-electron chi connectivity index (χ2n) is 8.38. The first kappa shape index (κ1) is 21.5. The van der Waals surface area contributed by atoms with Crippen LogP contribution < -0.4 is 9.64 Å². The maximum Gasteiger partial charge on any atom is 0.307 e. The Bertz CT molecular complexity index is 1320. The van der Waals surface area contributed by atoms with Crippen molar-refractivity contribution < 1.29 is 33.8 Å². The van der Waals surface area contributed by atoms with Gasteiger partial charge in [0.25, 0.3) is 11.7 Å². The van der Waals surface area contributed by atoms with Gasteiger partial charge in [0, 0.05) is 17.7 Å². The zero-order valence-corrected chi connectivity index (χ0v) is 18.2. The minimum Gasteiger partial charge on any atom is -0.507 e. The molecule has 1 aromatic heterocycles. The molecule has 172 valence electrons. The number of amides is 1. The van der Waals surface area contributed by atoms with Gasteiger partial charge in [-0.05, 0) is 60.5 Å². The highest BCUT2D eigenvalue weighted by atomic mass is 16.5. The number of benzene rings is 2. The predicted molar refractivity (Wildman–Crippen MR) is 122 cm³/mol. The van der Waals surface area contributed by atoms with Crippen molar-refractivity contribution in [3.8, 4) is 5.75 Å². The number of carbonyl (C=O) groups excluding carboxylic acids is 2. The first-order chi connectivity index (χ1) is 16.3. The van der Waals surface area contributed by atoms with E-state index >= 15 is 0 Å². The van der Waals surface area contributed by atoms with Crippen LogP contribution in [-0.4, -0.2) is 34.0 Å². The first-order valence-electron chi connectivity index (χ1n) is 10.8. The van der Waals surface area contributed by atoms with Crippen molar-refractivity contribution in [1.82, 2.24) is 0 Å².